The number of ether oxygens (including phenoxy) is 3. The molecular formula is C24H35IN4O4. The number of carbonyl (C=O) groups is 1. The molecule has 3 N–H and O–H groups in total. The summed E-state index contributed by atoms with van der Waals surface area (Å²) < 4.78 is 16.4. The number of carbonyl (C=O) groups excluding carboxylic acids is 1. The van der Waals surface area contributed by atoms with E-state index in [9.17, 15) is 4.79 Å². The zero-order valence-electron chi connectivity index (χ0n) is 19.8. The molecule has 1 amide bonds. The van der Waals surface area contributed by atoms with Gasteiger partial charge in [-0.2, -0.15) is 0 Å². The zero-order chi connectivity index (χ0) is 23.2. The van der Waals surface area contributed by atoms with Crippen molar-refractivity contribution in [1.82, 2.24) is 16.0 Å². The summed E-state index contributed by atoms with van der Waals surface area (Å²) in [6.07, 6.45) is 0. The van der Waals surface area contributed by atoms with Crippen molar-refractivity contribution in [3.05, 3.63) is 59.2 Å². The smallest absolute Gasteiger partial charge is 0.239 e. The van der Waals surface area contributed by atoms with Crippen LogP contribution in [0.2, 0.25) is 0 Å². The second-order valence-electron chi connectivity index (χ2n) is 7.06. The Bertz CT molecular complexity index is 875. The number of hydrogen-bond donors (Lipinski definition) is 3. The molecule has 9 heteroatoms. The quantitative estimate of drug-likeness (QED) is 0.157. The standard InChI is InChI=1S/C24H34N4O4.HI/c1-5-31-12-13-32-22-14-18(2)6-9-20(22)16-27-24(25-3)28-17-23(29)26-15-19-7-10-21(30-4)11-8-19;/h6-11,14H,5,12-13,15-17H2,1-4H3,(H,26,29)(H2,25,27,28);1H. The van der Waals surface area contributed by atoms with Crippen molar-refractivity contribution < 1.29 is 19.0 Å². The van der Waals surface area contributed by atoms with Gasteiger partial charge < -0.3 is 30.2 Å². The van der Waals surface area contributed by atoms with Gasteiger partial charge in [0, 0.05) is 32.3 Å². The Morgan fingerprint density at radius 3 is 2.42 bits per heavy atom. The highest BCUT2D eigenvalue weighted by Gasteiger charge is 2.08. The Kier molecular flexibility index (Phi) is 13.9. The minimum Gasteiger partial charge on any atom is -0.497 e. The molecule has 0 saturated heterocycles. The van der Waals surface area contributed by atoms with Crippen molar-refractivity contribution in [2.75, 3.05) is 40.5 Å². The molecule has 33 heavy (non-hydrogen) atoms. The van der Waals surface area contributed by atoms with Crippen molar-refractivity contribution in [3.8, 4) is 11.5 Å². The lowest BCUT2D eigenvalue weighted by Crippen LogP contribution is -2.42. The molecule has 0 aliphatic heterocycles. The van der Waals surface area contributed by atoms with Crippen LogP contribution in [-0.2, 0) is 22.6 Å². The van der Waals surface area contributed by atoms with Crippen LogP contribution < -0.4 is 25.4 Å². The normalized spacial score (nSPS) is 10.7. The van der Waals surface area contributed by atoms with Gasteiger partial charge in [-0.1, -0.05) is 24.3 Å². The molecule has 0 aromatic heterocycles. The van der Waals surface area contributed by atoms with E-state index >= 15 is 0 Å². The predicted octanol–water partition coefficient (Wildman–Crippen LogP) is 3.02. The average molecular weight is 570 g/mol. The molecule has 0 heterocycles. The van der Waals surface area contributed by atoms with Crippen molar-refractivity contribution in [2.45, 2.75) is 26.9 Å². The van der Waals surface area contributed by atoms with Crippen LogP contribution in [0.4, 0.5) is 0 Å². The second-order valence-corrected chi connectivity index (χ2v) is 7.06. The number of amides is 1. The van der Waals surface area contributed by atoms with Crippen molar-refractivity contribution in [1.29, 1.82) is 0 Å². The molecular weight excluding hydrogens is 535 g/mol. The van der Waals surface area contributed by atoms with E-state index in [1.54, 1.807) is 14.2 Å². The molecule has 0 aliphatic carbocycles. The van der Waals surface area contributed by atoms with E-state index < -0.39 is 0 Å². The number of benzene rings is 2. The molecule has 2 aromatic carbocycles. The lowest BCUT2D eigenvalue weighted by molar-refractivity contribution is -0.120. The fraction of sp³-hybridized carbons (Fsp3) is 0.417. The molecule has 2 rings (SSSR count). The highest BCUT2D eigenvalue weighted by molar-refractivity contribution is 14.0. The number of aliphatic imine (C=N–C) groups is 1. The van der Waals surface area contributed by atoms with Gasteiger partial charge in [-0.25, -0.2) is 0 Å². The van der Waals surface area contributed by atoms with Crippen LogP contribution in [0.15, 0.2) is 47.5 Å². The van der Waals surface area contributed by atoms with Crippen LogP contribution in [0.3, 0.4) is 0 Å². The van der Waals surface area contributed by atoms with Gasteiger partial charge in [0.25, 0.3) is 0 Å². The van der Waals surface area contributed by atoms with Crippen LogP contribution in [0.1, 0.15) is 23.6 Å². The lowest BCUT2D eigenvalue weighted by atomic mass is 10.1. The molecule has 182 valence electrons. The van der Waals surface area contributed by atoms with Gasteiger partial charge in [-0.05, 0) is 43.2 Å². The number of nitrogens with one attached hydrogen (secondary N) is 3. The minimum absolute atomic E-state index is 0. The molecule has 0 unspecified atom stereocenters. The van der Waals surface area contributed by atoms with Crippen molar-refractivity contribution >= 4 is 35.8 Å². The summed E-state index contributed by atoms with van der Waals surface area (Å²) in [5, 5.41) is 9.14. The largest absolute Gasteiger partial charge is 0.497 e. The van der Waals surface area contributed by atoms with E-state index in [0.29, 0.717) is 38.9 Å². The number of methoxy groups -OCH3 is 1. The van der Waals surface area contributed by atoms with E-state index in [-0.39, 0.29) is 36.4 Å². The van der Waals surface area contributed by atoms with Crippen molar-refractivity contribution in [2.24, 2.45) is 4.99 Å². The van der Waals surface area contributed by atoms with Gasteiger partial charge in [-0.3, -0.25) is 9.79 Å². The monoisotopic (exact) mass is 570 g/mol. The second kappa shape index (κ2) is 16.1. The van der Waals surface area contributed by atoms with E-state index in [2.05, 4.69) is 20.9 Å². The van der Waals surface area contributed by atoms with Crippen LogP contribution >= 0.6 is 24.0 Å². The Morgan fingerprint density at radius 2 is 1.76 bits per heavy atom. The van der Waals surface area contributed by atoms with Gasteiger partial charge >= 0.3 is 0 Å². The molecule has 0 spiro atoms. The summed E-state index contributed by atoms with van der Waals surface area (Å²) in [6.45, 7) is 6.76. The summed E-state index contributed by atoms with van der Waals surface area (Å²) >= 11 is 0. The Balaban J connectivity index is 0.00000544. The molecule has 0 aliphatic rings. The molecule has 0 radical (unpaired) electrons. The number of rotatable bonds is 12. The summed E-state index contributed by atoms with van der Waals surface area (Å²) in [7, 11) is 3.29. The number of aryl methyl sites for hydroxylation is 1. The third-order valence-corrected chi connectivity index (χ3v) is 4.65. The average Bonchev–Trinajstić information content (AvgIpc) is 2.82. The van der Waals surface area contributed by atoms with Crippen LogP contribution in [0.5, 0.6) is 11.5 Å². The zero-order valence-corrected chi connectivity index (χ0v) is 22.1. The van der Waals surface area contributed by atoms with Gasteiger partial charge in [0.15, 0.2) is 5.96 Å². The number of guanidine groups is 1. The van der Waals surface area contributed by atoms with Gasteiger partial charge in [0.2, 0.25) is 5.91 Å². The molecule has 8 nitrogen and oxygen atoms in total. The number of nitrogens with zero attached hydrogens (tertiary/aromatic N) is 1. The summed E-state index contributed by atoms with van der Waals surface area (Å²) in [5.41, 5.74) is 3.12. The van der Waals surface area contributed by atoms with E-state index in [1.165, 1.54) is 0 Å². The predicted molar refractivity (Wildman–Crippen MR) is 142 cm³/mol. The Morgan fingerprint density at radius 1 is 1.00 bits per heavy atom. The fourth-order valence-corrected chi connectivity index (χ4v) is 2.87. The first-order chi connectivity index (χ1) is 15.5. The summed E-state index contributed by atoms with van der Waals surface area (Å²) in [6, 6.07) is 13.6. The van der Waals surface area contributed by atoms with Gasteiger partial charge in [-0.15, -0.1) is 24.0 Å². The van der Waals surface area contributed by atoms with E-state index in [1.807, 2.05) is 56.3 Å². The summed E-state index contributed by atoms with van der Waals surface area (Å²) in [4.78, 5) is 16.4. The van der Waals surface area contributed by atoms with Crippen LogP contribution in [0, 0.1) is 6.92 Å². The van der Waals surface area contributed by atoms with Crippen LogP contribution in [0.25, 0.3) is 0 Å². The third kappa shape index (κ3) is 10.8. The van der Waals surface area contributed by atoms with E-state index in [4.69, 9.17) is 14.2 Å². The number of halogens is 1. The lowest BCUT2D eigenvalue weighted by Gasteiger charge is -2.15. The van der Waals surface area contributed by atoms with Gasteiger partial charge in [0.1, 0.15) is 18.1 Å². The fourth-order valence-electron chi connectivity index (χ4n) is 2.87. The first-order valence-corrected chi connectivity index (χ1v) is 10.7. The molecule has 2 aromatic rings. The first-order valence-electron chi connectivity index (χ1n) is 10.7. The molecule has 0 bridgehead atoms. The molecule has 0 atom stereocenters. The molecule has 0 saturated carbocycles. The first kappa shape index (κ1) is 28.5. The van der Waals surface area contributed by atoms with Gasteiger partial charge in [0.05, 0.1) is 20.3 Å². The Labute approximate surface area is 213 Å². The minimum atomic E-state index is -0.126. The maximum Gasteiger partial charge on any atom is 0.239 e. The summed E-state index contributed by atoms with van der Waals surface area (Å²) in [5.74, 6) is 2.00. The van der Waals surface area contributed by atoms with Crippen molar-refractivity contribution in [3.63, 3.8) is 0 Å². The highest BCUT2D eigenvalue weighted by Crippen LogP contribution is 2.20. The van der Waals surface area contributed by atoms with Crippen LogP contribution in [-0.4, -0.2) is 52.4 Å². The van der Waals surface area contributed by atoms with E-state index in [0.717, 1.165) is 28.2 Å². The maximum absolute atomic E-state index is 12.2. The SMILES string of the molecule is CCOCCOc1cc(C)ccc1CNC(=NC)NCC(=O)NCc1ccc(OC)cc1.I. The maximum atomic E-state index is 12.2. The third-order valence-electron chi connectivity index (χ3n) is 4.65. The molecule has 0 fully saturated rings. The topological polar surface area (TPSA) is 93.2 Å². The number of hydrogen-bond acceptors (Lipinski definition) is 5. The Hall–Kier alpha value is -2.53. The highest BCUT2D eigenvalue weighted by atomic mass is 127.